The van der Waals surface area contributed by atoms with Gasteiger partial charge in [-0.3, -0.25) is 0 Å². The second kappa shape index (κ2) is 17.5. The van der Waals surface area contributed by atoms with Gasteiger partial charge in [0.1, 0.15) is 11.9 Å². The number of fused-ring (bicyclic) bond motifs is 2. The van der Waals surface area contributed by atoms with Crippen LogP contribution in [0.2, 0.25) is 0 Å². The fourth-order valence-corrected chi connectivity index (χ4v) is 4.99. The first kappa shape index (κ1) is 35.6. The van der Waals surface area contributed by atoms with Crippen molar-refractivity contribution in [3.8, 4) is 5.75 Å². The molecule has 0 amide bonds. The minimum atomic E-state index is 0. The van der Waals surface area contributed by atoms with E-state index < -0.39 is 0 Å². The van der Waals surface area contributed by atoms with E-state index in [1.807, 2.05) is 13.8 Å². The van der Waals surface area contributed by atoms with Gasteiger partial charge in [-0.05, 0) is 80.2 Å². The summed E-state index contributed by atoms with van der Waals surface area (Å²) in [5.74, 6) is 1.17. The molecule has 0 N–H and O–H groups in total. The molecule has 1 aromatic rings. The molecule has 1 aliphatic heterocycles. The van der Waals surface area contributed by atoms with Crippen molar-refractivity contribution in [2.75, 3.05) is 0 Å². The molecule has 0 aromatic heterocycles. The van der Waals surface area contributed by atoms with Crippen molar-refractivity contribution in [1.29, 1.82) is 0 Å². The van der Waals surface area contributed by atoms with Crippen LogP contribution < -0.4 is 4.74 Å². The number of rotatable bonds is 3. The van der Waals surface area contributed by atoms with Gasteiger partial charge in [-0.25, -0.2) is 0 Å². The van der Waals surface area contributed by atoms with Crippen molar-refractivity contribution in [1.82, 2.24) is 0 Å². The van der Waals surface area contributed by atoms with Gasteiger partial charge in [-0.1, -0.05) is 72.1 Å². The summed E-state index contributed by atoms with van der Waals surface area (Å²) in [4.78, 5) is 0. The third kappa shape index (κ3) is 8.11. The Hall–Kier alpha value is -0.968. The Balaban J connectivity index is -0.000000341. The number of hydrogen-bond acceptors (Lipinski definition) is 1. The third-order valence-electron chi connectivity index (χ3n) is 6.53. The zero-order valence-corrected chi connectivity index (χ0v) is 26.5. The monoisotopic (exact) mass is 665 g/mol. The predicted octanol–water partition coefficient (Wildman–Crippen LogP) is 9.82. The van der Waals surface area contributed by atoms with Crippen molar-refractivity contribution in [3.63, 3.8) is 0 Å². The molecular formula is C30H51OU-. The van der Waals surface area contributed by atoms with E-state index in [0.29, 0.717) is 16.9 Å². The summed E-state index contributed by atoms with van der Waals surface area (Å²) >= 11 is 0. The van der Waals surface area contributed by atoms with Crippen LogP contribution in [0.25, 0.3) is 6.08 Å². The van der Waals surface area contributed by atoms with Crippen LogP contribution >= 0.6 is 0 Å². The van der Waals surface area contributed by atoms with E-state index in [-0.39, 0.29) is 40.0 Å². The van der Waals surface area contributed by atoms with Crippen LogP contribution in [-0.2, 0) is 6.42 Å². The van der Waals surface area contributed by atoms with Crippen LogP contribution in [0, 0.1) is 56.3 Å². The van der Waals surface area contributed by atoms with Crippen molar-refractivity contribution < 1.29 is 37.3 Å². The molecule has 1 heterocycles. The normalized spacial score (nSPS) is 21.4. The van der Waals surface area contributed by atoms with Gasteiger partial charge in [-0.2, -0.15) is 0 Å². The first-order valence-electron chi connectivity index (χ1n) is 11.5. The maximum Gasteiger partial charge on any atom is 0.125 e. The van der Waals surface area contributed by atoms with Crippen LogP contribution in [0.3, 0.4) is 0 Å². The molecule has 1 unspecified atom stereocenters. The molecule has 32 heavy (non-hydrogen) atoms. The van der Waals surface area contributed by atoms with E-state index in [9.17, 15) is 0 Å². The molecule has 1 aliphatic carbocycles. The maximum atomic E-state index is 6.61. The van der Waals surface area contributed by atoms with Gasteiger partial charge in [0.25, 0.3) is 0 Å². The standard InChI is InChI=1S/C21H30O.C4H6.C2H6.C2H4.CH3.U.H2/c1-6-9-16-12-15(3)19-17(13-16)14-21(7-2)18(22-19)10-8-11-20(21,4)5;1-3-4-2;2*1-2;;;/h6,9,12-13,18H,7-8,10-11,14H2,1-5H3;3-4H,1-2H2;1-2H3;1-2H2;1H3;;1H/q;;;;-1;;/b9-6+;;;;;;/t18?,21-;;;;;;/m0....../s1. The number of allylic oxidation sites excluding steroid dienone is 3. The van der Waals surface area contributed by atoms with Crippen LogP contribution in [0.1, 0.15) is 85.3 Å². The molecule has 182 valence electrons. The molecule has 1 nitrogen and oxygen atoms in total. The van der Waals surface area contributed by atoms with E-state index >= 15 is 0 Å². The average Bonchev–Trinajstić information content (AvgIpc) is 2.76. The van der Waals surface area contributed by atoms with Gasteiger partial charge in [0.05, 0.1) is 0 Å². The van der Waals surface area contributed by atoms with Gasteiger partial charge in [0.15, 0.2) is 0 Å². The summed E-state index contributed by atoms with van der Waals surface area (Å²) in [6.07, 6.45) is 14.2. The third-order valence-corrected chi connectivity index (χ3v) is 6.53. The molecule has 2 heteroatoms. The number of hydrogen-bond donors (Lipinski definition) is 0. The molecular weight excluding hydrogens is 614 g/mol. The van der Waals surface area contributed by atoms with Crippen molar-refractivity contribution in [2.45, 2.75) is 86.7 Å². The summed E-state index contributed by atoms with van der Waals surface area (Å²) in [5.41, 5.74) is 4.66. The molecule has 0 spiro atoms. The Morgan fingerprint density at radius 3 is 2.19 bits per heavy atom. The van der Waals surface area contributed by atoms with E-state index in [2.05, 4.69) is 85.2 Å². The zero-order valence-electron chi connectivity index (χ0n) is 22.3. The van der Waals surface area contributed by atoms with Crippen molar-refractivity contribution in [3.05, 3.63) is 80.8 Å². The molecule has 0 bridgehead atoms. The average molecular weight is 666 g/mol. The predicted molar refractivity (Wildman–Crippen MR) is 146 cm³/mol. The first-order chi connectivity index (χ1) is 14.3. The molecule has 1 aromatic carbocycles. The molecule has 0 saturated heterocycles. The number of benzene rings is 1. The van der Waals surface area contributed by atoms with Crippen LogP contribution in [0.15, 0.2) is 56.7 Å². The van der Waals surface area contributed by atoms with Crippen molar-refractivity contribution >= 4 is 6.08 Å². The second-order valence-corrected chi connectivity index (χ2v) is 8.37. The smallest absolute Gasteiger partial charge is 0.125 e. The van der Waals surface area contributed by atoms with Gasteiger partial charge >= 0.3 is 0 Å². The van der Waals surface area contributed by atoms with E-state index in [0.717, 1.165) is 0 Å². The van der Waals surface area contributed by atoms with Crippen molar-refractivity contribution in [2.24, 2.45) is 10.8 Å². The Morgan fingerprint density at radius 1 is 1.16 bits per heavy atom. The SMILES string of the molecule is C/C=C/c1cc(C)c2c(c1)C[C@@]1(CC)C(CCCC1(C)C)O2.C=C.C=CC=C.CC.[CH3-].[HH].[U]. The fourth-order valence-electron chi connectivity index (χ4n) is 4.99. The number of aryl methyl sites for hydroxylation is 1. The first-order valence-corrected chi connectivity index (χ1v) is 11.5. The van der Waals surface area contributed by atoms with Crippen LogP contribution in [0.4, 0.5) is 0 Å². The number of ether oxygens (including phenoxy) is 1. The molecule has 1 fully saturated rings. The molecule has 3 rings (SSSR count). The topological polar surface area (TPSA) is 9.23 Å². The van der Waals surface area contributed by atoms with Gasteiger partial charge in [0, 0.05) is 38.0 Å². The van der Waals surface area contributed by atoms with Gasteiger partial charge in [-0.15, -0.1) is 13.2 Å². The Morgan fingerprint density at radius 2 is 1.72 bits per heavy atom. The summed E-state index contributed by atoms with van der Waals surface area (Å²) in [6.45, 7) is 28.3. The molecule has 2 atom stereocenters. The Bertz CT molecular complexity index is 701. The minimum Gasteiger partial charge on any atom is -0.489 e. The molecule has 2 aliphatic rings. The summed E-state index contributed by atoms with van der Waals surface area (Å²) in [6, 6.07) is 4.60. The van der Waals surface area contributed by atoms with Crippen LogP contribution in [0.5, 0.6) is 5.75 Å². The minimum absolute atomic E-state index is 0. The Labute approximate surface area is 226 Å². The van der Waals surface area contributed by atoms with Crippen LogP contribution in [-0.4, -0.2) is 6.10 Å². The second-order valence-electron chi connectivity index (χ2n) is 8.37. The summed E-state index contributed by atoms with van der Waals surface area (Å²) in [5, 5.41) is 0. The largest absolute Gasteiger partial charge is 0.489 e. The zero-order chi connectivity index (χ0) is 23.4. The quantitative estimate of drug-likeness (QED) is 0.178. The molecule has 1 saturated carbocycles. The van der Waals surface area contributed by atoms with Gasteiger partial charge in [0.2, 0.25) is 0 Å². The van der Waals surface area contributed by atoms with Gasteiger partial charge < -0.3 is 12.2 Å². The summed E-state index contributed by atoms with van der Waals surface area (Å²) in [7, 11) is 0. The van der Waals surface area contributed by atoms with E-state index in [1.54, 1.807) is 12.2 Å². The maximum absolute atomic E-state index is 6.61. The fraction of sp³-hybridized carbons (Fsp3) is 0.500. The van der Waals surface area contributed by atoms with E-state index in [4.69, 9.17) is 4.74 Å². The molecule has 0 radical (unpaired) electrons. The summed E-state index contributed by atoms with van der Waals surface area (Å²) < 4.78 is 6.61. The Kier molecular flexibility index (Phi) is 19.5. The van der Waals surface area contributed by atoms with E-state index in [1.165, 1.54) is 54.5 Å².